The molecular formula is C15H21ClFNO2. The number of halogens is 2. The Hall–Kier alpha value is -0.680. The number of ether oxygens (including phenoxy) is 1. The highest BCUT2D eigenvalue weighted by Crippen LogP contribution is 2.26. The largest absolute Gasteiger partial charge is 0.391 e. The number of rotatable bonds is 4. The molecule has 2 rings (SSSR count). The van der Waals surface area contributed by atoms with Crippen LogP contribution < -0.4 is 0 Å². The van der Waals surface area contributed by atoms with Crippen LogP contribution in [0, 0.1) is 5.82 Å². The van der Waals surface area contributed by atoms with Gasteiger partial charge >= 0.3 is 0 Å². The third kappa shape index (κ3) is 3.50. The molecule has 1 heterocycles. The molecule has 0 aliphatic carbocycles. The summed E-state index contributed by atoms with van der Waals surface area (Å²) >= 11 is 6.02. The Morgan fingerprint density at radius 2 is 2.05 bits per heavy atom. The standard InChI is InChI=1S/C15H21ClFNO2/c1-15(2,18-5-7-20-8-6-18)14(19)9-11-3-4-12(17)10-13(11)16/h3-4,10,14,19H,5-9H2,1-2H3. The highest BCUT2D eigenvalue weighted by atomic mass is 35.5. The molecule has 1 aliphatic rings. The molecule has 1 unspecified atom stereocenters. The lowest BCUT2D eigenvalue weighted by Gasteiger charge is -2.43. The molecule has 1 N–H and O–H groups in total. The van der Waals surface area contributed by atoms with Crippen LogP contribution in [0.15, 0.2) is 18.2 Å². The first-order valence-corrected chi connectivity index (χ1v) is 7.24. The Bertz CT molecular complexity index is 461. The van der Waals surface area contributed by atoms with Gasteiger partial charge in [-0.1, -0.05) is 17.7 Å². The van der Waals surface area contributed by atoms with Crippen molar-refractivity contribution in [3.8, 4) is 0 Å². The number of aliphatic hydroxyl groups is 1. The number of nitrogens with zero attached hydrogens (tertiary/aromatic N) is 1. The number of aliphatic hydroxyl groups excluding tert-OH is 1. The van der Waals surface area contributed by atoms with Crippen molar-refractivity contribution >= 4 is 11.6 Å². The fourth-order valence-electron chi connectivity index (χ4n) is 2.50. The van der Waals surface area contributed by atoms with Crippen molar-refractivity contribution in [2.75, 3.05) is 26.3 Å². The fourth-order valence-corrected chi connectivity index (χ4v) is 2.74. The first kappa shape index (κ1) is 15.7. The van der Waals surface area contributed by atoms with E-state index in [1.165, 1.54) is 12.1 Å². The molecule has 0 amide bonds. The molecule has 0 aromatic heterocycles. The summed E-state index contributed by atoms with van der Waals surface area (Å²) in [6, 6.07) is 4.29. The Kier molecular flexibility index (Phi) is 5.02. The zero-order valence-corrected chi connectivity index (χ0v) is 12.7. The van der Waals surface area contributed by atoms with Gasteiger partial charge in [-0.2, -0.15) is 0 Å². The summed E-state index contributed by atoms with van der Waals surface area (Å²) in [6.45, 7) is 7.02. The predicted molar refractivity (Wildman–Crippen MR) is 77.6 cm³/mol. The van der Waals surface area contributed by atoms with Crippen molar-refractivity contribution in [1.29, 1.82) is 0 Å². The number of morpholine rings is 1. The lowest BCUT2D eigenvalue weighted by molar-refractivity contribution is -0.0612. The van der Waals surface area contributed by atoms with Crippen LogP contribution in [0.3, 0.4) is 0 Å². The molecule has 0 radical (unpaired) electrons. The zero-order chi connectivity index (χ0) is 14.8. The lowest BCUT2D eigenvalue weighted by Crippen LogP contribution is -2.56. The van der Waals surface area contributed by atoms with Crippen molar-refractivity contribution in [1.82, 2.24) is 4.90 Å². The van der Waals surface area contributed by atoms with Gasteiger partial charge in [-0.05, 0) is 31.5 Å². The molecular weight excluding hydrogens is 281 g/mol. The van der Waals surface area contributed by atoms with Gasteiger partial charge in [-0.15, -0.1) is 0 Å². The summed E-state index contributed by atoms with van der Waals surface area (Å²) in [6.07, 6.45) is -0.174. The minimum absolute atomic E-state index is 0.360. The summed E-state index contributed by atoms with van der Waals surface area (Å²) in [5.74, 6) is -0.360. The van der Waals surface area contributed by atoms with Gasteiger partial charge in [0.1, 0.15) is 5.82 Å². The second-order valence-corrected chi connectivity index (χ2v) is 6.12. The van der Waals surface area contributed by atoms with Gasteiger partial charge in [0, 0.05) is 30.1 Å². The minimum Gasteiger partial charge on any atom is -0.391 e. The Labute approximate surface area is 124 Å². The van der Waals surface area contributed by atoms with Gasteiger partial charge < -0.3 is 9.84 Å². The van der Waals surface area contributed by atoms with E-state index in [0.717, 1.165) is 18.7 Å². The molecule has 1 fully saturated rings. The molecule has 1 atom stereocenters. The van der Waals surface area contributed by atoms with E-state index in [1.54, 1.807) is 6.07 Å². The van der Waals surface area contributed by atoms with Gasteiger partial charge in [0.2, 0.25) is 0 Å². The van der Waals surface area contributed by atoms with Crippen LogP contribution in [0.25, 0.3) is 0 Å². The maximum Gasteiger partial charge on any atom is 0.124 e. The first-order chi connectivity index (χ1) is 9.41. The second kappa shape index (κ2) is 6.39. The fraction of sp³-hybridized carbons (Fsp3) is 0.600. The van der Waals surface area contributed by atoms with Crippen LogP contribution in [-0.2, 0) is 11.2 Å². The molecule has 3 nitrogen and oxygen atoms in total. The van der Waals surface area contributed by atoms with Gasteiger partial charge in [-0.25, -0.2) is 4.39 Å². The molecule has 0 spiro atoms. The molecule has 5 heteroatoms. The monoisotopic (exact) mass is 301 g/mol. The number of hydrogen-bond acceptors (Lipinski definition) is 3. The van der Waals surface area contributed by atoms with Crippen LogP contribution in [-0.4, -0.2) is 48.0 Å². The van der Waals surface area contributed by atoms with Crippen molar-refractivity contribution < 1.29 is 14.2 Å². The van der Waals surface area contributed by atoms with Gasteiger partial charge in [-0.3, -0.25) is 4.90 Å². The molecule has 0 saturated carbocycles. The summed E-state index contributed by atoms with van der Waals surface area (Å²) in [5, 5.41) is 10.9. The SMILES string of the molecule is CC(C)(C(O)Cc1ccc(F)cc1Cl)N1CCOCC1. The smallest absolute Gasteiger partial charge is 0.124 e. The highest BCUT2D eigenvalue weighted by Gasteiger charge is 2.35. The third-order valence-electron chi connectivity index (χ3n) is 4.07. The third-order valence-corrected chi connectivity index (χ3v) is 4.42. The molecule has 1 aromatic rings. The summed E-state index contributed by atoms with van der Waals surface area (Å²) in [5.41, 5.74) is 0.392. The van der Waals surface area contributed by atoms with E-state index in [1.807, 2.05) is 13.8 Å². The Balaban J connectivity index is 2.07. The van der Waals surface area contributed by atoms with E-state index in [0.29, 0.717) is 24.7 Å². The lowest BCUT2D eigenvalue weighted by atomic mass is 9.89. The van der Waals surface area contributed by atoms with Crippen molar-refractivity contribution in [3.63, 3.8) is 0 Å². The maximum atomic E-state index is 13.0. The molecule has 1 aliphatic heterocycles. The van der Waals surface area contributed by atoms with Crippen molar-refractivity contribution in [2.24, 2.45) is 0 Å². The van der Waals surface area contributed by atoms with Crippen LogP contribution >= 0.6 is 11.6 Å². The van der Waals surface area contributed by atoms with Crippen molar-refractivity contribution in [3.05, 3.63) is 34.6 Å². The quantitative estimate of drug-likeness (QED) is 0.927. The Morgan fingerprint density at radius 1 is 1.40 bits per heavy atom. The van der Waals surface area contributed by atoms with Crippen LogP contribution in [0.2, 0.25) is 5.02 Å². The topological polar surface area (TPSA) is 32.7 Å². The van der Waals surface area contributed by atoms with E-state index in [2.05, 4.69) is 4.90 Å². The van der Waals surface area contributed by atoms with Crippen LogP contribution in [0.4, 0.5) is 4.39 Å². The highest BCUT2D eigenvalue weighted by molar-refractivity contribution is 6.31. The summed E-state index contributed by atoms with van der Waals surface area (Å²) < 4.78 is 18.4. The summed E-state index contributed by atoms with van der Waals surface area (Å²) in [7, 11) is 0. The van der Waals surface area contributed by atoms with Gasteiger partial charge in [0.25, 0.3) is 0 Å². The Morgan fingerprint density at radius 3 is 2.65 bits per heavy atom. The molecule has 1 saturated heterocycles. The average molecular weight is 302 g/mol. The van der Waals surface area contributed by atoms with E-state index >= 15 is 0 Å². The first-order valence-electron chi connectivity index (χ1n) is 6.86. The van der Waals surface area contributed by atoms with Crippen LogP contribution in [0.1, 0.15) is 19.4 Å². The van der Waals surface area contributed by atoms with Crippen molar-refractivity contribution in [2.45, 2.75) is 31.9 Å². The van der Waals surface area contributed by atoms with E-state index in [4.69, 9.17) is 16.3 Å². The maximum absolute atomic E-state index is 13.0. The van der Waals surface area contributed by atoms with E-state index in [-0.39, 0.29) is 11.4 Å². The van der Waals surface area contributed by atoms with Gasteiger partial charge in [0.15, 0.2) is 0 Å². The average Bonchev–Trinajstić information content (AvgIpc) is 2.42. The normalized spacial score (nSPS) is 19.1. The van der Waals surface area contributed by atoms with E-state index in [9.17, 15) is 9.50 Å². The van der Waals surface area contributed by atoms with Crippen LogP contribution in [0.5, 0.6) is 0 Å². The minimum atomic E-state index is -0.580. The second-order valence-electron chi connectivity index (χ2n) is 5.71. The molecule has 0 bridgehead atoms. The molecule has 1 aromatic carbocycles. The summed E-state index contributed by atoms with van der Waals surface area (Å²) in [4.78, 5) is 2.22. The molecule has 112 valence electrons. The van der Waals surface area contributed by atoms with Gasteiger partial charge in [0.05, 0.1) is 19.3 Å². The molecule has 20 heavy (non-hydrogen) atoms. The predicted octanol–water partition coefficient (Wildman–Crippen LogP) is 2.49. The zero-order valence-electron chi connectivity index (χ0n) is 11.9. The number of benzene rings is 1. The van der Waals surface area contributed by atoms with E-state index < -0.39 is 6.10 Å². The number of hydrogen-bond donors (Lipinski definition) is 1.